The van der Waals surface area contributed by atoms with Crippen LogP contribution in [0.2, 0.25) is 0 Å². The Kier molecular flexibility index (Phi) is 3.98. The van der Waals surface area contributed by atoms with Crippen LogP contribution in [0.1, 0.15) is 21.4 Å². The van der Waals surface area contributed by atoms with Crippen molar-refractivity contribution >= 4 is 11.3 Å². The third kappa shape index (κ3) is 2.70. The fourth-order valence-corrected chi connectivity index (χ4v) is 2.58. The minimum absolute atomic E-state index is 0.196. The molecule has 0 aliphatic carbocycles. The Hall–Kier alpha value is -1.83. The lowest BCUT2D eigenvalue weighted by Crippen LogP contribution is -2.17. The van der Waals surface area contributed by atoms with Gasteiger partial charge in [0.15, 0.2) is 0 Å². The lowest BCUT2D eigenvalue weighted by Gasteiger charge is -2.16. The Morgan fingerprint density at radius 1 is 1.33 bits per heavy atom. The van der Waals surface area contributed by atoms with E-state index in [2.05, 4.69) is 6.07 Å². The summed E-state index contributed by atoms with van der Waals surface area (Å²) >= 11 is 1.67. The number of nitrogens with two attached hydrogens (primary N) is 1. The van der Waals surface area contributed by atoms with Gasteiger partial charge in [-0.15, -0.1) is 11.3 Å². The monoisotopic (exact) mass is 258 g/mol. The van der Waals surface area contributed by atoms with E-state index < -0.39 is 0 Å². The predicted octanol–water partition coefficient (Wildman–Crippen LogP) is 3.01. The summed E-state index contributed by atoms with van der Waals surface area (Å²) in [7, 11) is 0. The number of hydrogen-bond donors (Lipinski definition) is 1. The number of aryl methyl sites for hydroxylation is 1. The highest BCUT2D eigenvalue weighted by Gasteiger charge is 2.15. The molecular formula is C14H14N2OS. The number of thiophene rings is 1. The second-order valence-electron chi connectivity index (χ2n) is 3.90. The topological polar surface area (TPSA) is 59.0 Å². The van der Waals surface area contributed by atoms with E-state index in [1.165, 1.54) is 4.88 Å². The second-order valence-corrected chi connectivity index (χ2v) is 5.22. The standard InChI is InChI=1S/C14H14N2OS/c1-10-6-7-14(18-10)13(9-16)17-12-5-3-2-4-11(12)8-15/h2-7,13H,9,16H2,1H3. The molecular weight excluding hydrogens is 244 g/mol. The molecule has 4 heteroatoms. The first-order valence-corrected chi connectivity index (χ1v) is 6.48. The van der Waals surface area contributed by atoms with E-state index in [4.69, 9.17) is 15.7 Å². The van der Waals surface area contributed by atoms with Gasteiger partial charge in [-0.2, -0.15) is 5.26 Å². The Morgan fingerprint density at radius 3 is 2.72 bits per heavy atom. The Labute approximate surface area is 110 Å². The summed E-state index contributed by atoms with van der Waals surface area (Å²) in [5.74, 6) is 0.585. The van der Waals surface area contributed by atoms with E-state index in [9.17, 15) is 0 Å². The Bertz CT molecular complexity index is 571. The van der Waals surface area contributed by atoms with E-state index in [0.29, 0.717) is 17.9 Å². The highest BCUT2D eigenvalue weighted by atomic mass is 32.1. The second kappa shape index (κ2) is 5.67. The lowest BCUT2D eigenvalue weighted by atomic mass is 10.2. The maximum absolute atomic E-state index is 9.02. The largest absolute Gasteiger partial charge is 0.482 e. The van der Waals surface area contributed by atoms with Crippen LogP contribution in [0.4, 0.5) is 0 Å². The highest BCUT2D eigenvalue weighted by molar-refractivity contribution is 7.12. The predicted molar refractivity (Wildman–Crippen MR) is 72.6 cm³/mol. The molecule has 2 N–H and O–H groups in total. The number of nitrogens with zero attached hydrogens (tertiary/aromatic N) is 1. The first kappa shape index (κ1) is 12.6. The molecule has 1 atom stereocenters. The Morgan fingerprint density at radius 2 is 2.11 bits per heavy atom. The minimum Gasteiger partial charge on any atom is -0.482 e. The first-order chi connectivity index (χ1) is 8.74. The number of ether oxygens (including phenoxy) is 1. The van der Waals surface area contributed by atoms with Crippen LogP contribution in [0, 0.1) is 18.3 Å². The smallest absolute Gasteiger partial charge is 0.145 e. The van der Waals surface area contributed by atoms with Gasteiger partial charge in [-0.05, 0) is 31.2 Å². The first-order valence-electron chi connectivity index (χ1n) is 5.66. The van der Waals surface area contributed by atoms with E-state index in [0.717, 1.165) is 4.88 Å². The van der Waals surface area contributed by atoms with Crippen molar-refractivity contribution in [2.24, 2.45) is 5.73 Å². The summed E-state index contributed by atoms with van der Waals surface area (Å²) in [6.45, 7) is 2.44. The fraction of sp³-hybridized carbons (Fsp3) is 0.214. The summed E-state index contributed by atoms with van der Waals surface area (Å²) in [5, 5.41) is 9.02. The molecule has 2 rings (SSSR count). The van der Waals surface area contributed by atoms with Crippen LogP contribution in [-0.4, -0.2) is 6.54 Å². The van der Waals surface area contributed by atoms with Gasteiger partial charge in [-0.1, -0.05) is 12.1 Å². The van der Waals surface area contributed by atoms with Gasteiger partial charge >= 0.3 is 0 Å². The molecule has 0 spiro atoms. The maximum atomic E-state index is 9.02. The van der Waals surface area contributed by atoms with E-state index >= 15 is 0 Å². The van der Waals surface area contributed by atoms with Gasteiger partial charge in [0.25, 0.3) is 0 Å². The van der Waals surface area contributed by atoms with Crippen LogP contribution in [0.3, 0.4) is 0 Å². The van der Waals surface area contributed by atoms with Crippen LogP contribution in [0.25, 0.3) is 0 Å². The van der Waals surface area contributed by atoms with E-state index in [1.54, 1.807) is 23.5 Å². The average molecular weight is 258 g/mol. The van der Waals surface area contributed by atoms with Crippen molar-refractivity contribution in [2.45, 2.75) is 13.0 Å². The normalized spacial score (nSPS) is 11.8. The number of para-hydroxylation sites is 1. The number of benzene rings is 1. The number of rotatable bonds is 4. The molecule has 3 nitrogen and oxygen atoms in total. The quantitative estimate of drug-likeness (QED) is 0.917. The molecule has 0 bridgehead atoms. The van der Waals surface area contributed by atoms with Crippen LogP contribution >= 0.6 is 11.3 Å². The zero-order valence-corrected chi connectivity index (χ0v) is 10.9. The third-order valence-corrected chi connectivity index (χ3v) is 3.66. The SMILES string of the molecule is Cc1ccc(C(CN)Oc2ccccc2C#N)s1. The van der Waals surface area contributed by atoms with Gasteiger partial charge in [0, 0.05) is 16.3 Å². The molecule has 1 unspecified atom stereocenters. The number of hydrogen-bond acceptors (Lipinski definition) is 4. The molecule has 0 saturated carbocycles. The minimum atomic E-state index is -0.196. The lowest BCUT2D eigenvalue weighted by molar-refractivity contribution is 0.217. The molecule has 0 saturated heterocycles. The summed E-state index contributed by atoms with van der Waals surface area (Å²) in [6, 6.07) is 13.4. The van der Waals surface area contributed by atoms with Crippen molar-refractivity contribution in [1.82, 2.24) is 0 Å². The van der Waals surface area contributed by atoms with Crippen molar-refractivity contribution in [3.8, 4) is 11.8 Å². The average Bonchev–Trinajstić information content (AvgIpc) is 2.83. The van der Waals surface area contributed by atoms with Gasteiger partial charge in [0.1, 0.15) is 17.9 Å². The summed E-state index contributed by atoms with van der Waals surface area (Å²) < 4.78 is 5.85. The van der Waals surface area contributed by atoms with Gasteiger partial charge in [0.05, 0.1) is 5.56 Å². The van der Waals surface area contributed by atoms with Crippen LogP contribution < -0.4 is 10.5 Å². The molecule has 1 heterocycles. The summed E-state index contributed by atoms with van der Waals surface area (Å²) in [5.41, 5.74) is 6.28. The highest BCUT2D eigenvalue weighted by Crippen LogP contribution is 2.28. The fourth-order valence-electron chi connectivity index (χ4n) is 1.66. The van der Waals surface area contributed by atoms with E-state index in [1.807, 2.05) is 31.2 Å². The summed E-state index contributed by atoms with van der Waals surface area (Å²) in [6.07, 6.45) is -0.196. The van der Waals surface area contributed by atoms with Crippen molar-refractivity contribution in [1.29, 1.82) is 5.26 Å². The molecule has 1 aromatic carbocycles. The van der Waals surface area contributed by atoms with Crippen LogP contribution in [-0.2, 0) is 0 Å². The van der Waals surface area contributed by atoms with Gasteiger partial charge in [-0.3, -0.25) is 0 Å². The van der Waals surface area contributed by atoms with Crippen LogP contribution in [0.5, 0.6) is 5.75 Å². The Balaban J connectivity index is 2.23. The van der Waals surface area contributed by atoms with Gasteiger partial charge < -0.3 is 10.5 Å². The van der Waals surface area contributed by atoms with E-state index in [-0.39, 0.29) is 6.10 Å². The zero-order chi connectivity index (χ0) is 13.0. The van der Waals surface area contributed by atoms with Crippen molar-refractivity contribution in [3.63, 3.8) is 0 Å². The molecule has 1 aromatic heterocycles. The maximum Gasteiger partial charge on any atom is 0.145 e. The zero-order valence-electron chi connectivity index (χ0n) is 10.1. The van der Waals surface area contributed by atoms with Crippen molar-refractivity contribution in [3.05, 3.63) is 51.7 Å². The summed E-state index contributed by atoms with van der Waals surface area (Å²) in [4.78, 5) is 2.31. The molecule has 0 fully saturated rings. The van der Waals surface area contributed by atoms with Gasteiger partial charge in [0.2, 0.25) is 0 Å². The van der Waals surface area contributed by atoms with Crippen molar-refractivity contribution in [2.75, 3.05) is 6.54 Å². The molecule has 0 amide bonds. The molecule has 18 heavy (non-hydrogen) atoms. The van der Waals surface area contributed by atoms with Crippen LogP contribution in [0.15, 0.2) is 36.4 Å². The van der Waals surface area contributed by atoms with Crippen molar-refractivity contribution < 1.29 is 4.74 Å². The molecule has 0 radical (unpaired) electrons. The third-order valence-electron chi connectivity index (χ3n) is 2.57. The molecule has 0 aliphatic rings. The molecule has 92 valence electrons. The number of nitriles is 1. The molecule has 2 aromatic rings. The van der Waals surface area contributed by atoms with Gasteiger partial charge in [-0.25, -0.2) is 0 Å². The molecule has 0 aliphatic heterocycles.